The lowest BCUT2D eigenvalue weighted by Gasteiger charge is -2.56. The molecular weight excluding hydrogens is 424 g/mol. The van der Waals surface area contributed by atoms with Crippen molar-refractivity contribution in [3.63, 3.8) is 0 Å². The number of furan rings is 1. The standard InChI is InChI=1S/C28H33N4O2/c33-27(16-28-13-20-10-21(14-28)12-22(11-20)15-28)32-25-3-1-2-24-23(25)4-5-26(31-24)30-8-7-29-17-19-6-9-34-18-19/h1-6,9,17-18,20-22,29H,7-8,10-16H2,(H,30,31)(H,32,33). The number of benzene rings is 1. The van der Waals surface area contributed by atoms with Crippen molar-refractivity contribution in [1.29, 1.82) is 0 Å². The van der Waals surface area contributed by atoms with Gasteiger partial charge in [-0.2, -0.15) is 0 Å². The minimum Gasteiger partial charge on any atom is -0.472 e. The predicted octanol–water partition coefficient (Wildman–Crippen LogP) is 5.58. The molecule has 2 aromatic heterocycles. The molecule has 1 aromatic carbocycles. The first-order chi connectivity index (χ1) is 16.6. The van der Waals surface area contributed by atoms with Gasteiger partial charge in [-0.05, 0) is 92.0 Å². The van der Waals surface area contributed by atoms with Crippen molar-refractivity contribution in [2.45, 2.75) is 44.9 Å². The molecular formula is C28H33N4O2. The molecule has 0 unspecified atom stereocenters. The molecule has 34 heavy (non-hydrogen) atoms. The number of pyridine rings is 1. The third kappa shape index (κ3) is 4.56. The van der Waals surface area contributed by atoms with Gasteiger partial charge in [-0.25, -0.2) is 4.98 Å². The normalized spacial score (nSPS) is 27.2. The van der Waals surface area contributed by atoms with E-state index in [0.29, 0.717) is 6.42 Å². The van der Waals surface area contributed by atoms with Crippen molar-refractivity contribution in [2.75, 3.05) is 23.7 Å². The van der Waals surface area contributed by atoms with Crippen LogP contribution >= 0.6 is 0 Å². The van der Waals surface area contributed by atoms with Crippen molar-refractivity contribution in [2.24, 2.45) is 23.2 Å². The molecule has 3 aromatic rings. The number of carbonyl (C=O) groups excluding carboxylic acids is 1. The minimum absolute atomic E-state index is 0.164. The van der Waals surface area contributed by atoms with Crippen LogP contribution < -0.4 is 16.0 Å². The van der Waals surface area contributed by atoms with E-state index in [9.17, 15) is 4.79 Å². The van der Waals surface area contributed by atoms with Gasteiger partial charge in [0.15, 0.2) is 0 Å². The number of fused-ring (bicyclic) bond motifs is 1. The highest BCUT2D eigenvalue weighted by molar-refractivity contribution is 6.01. The second kappa shape index (κ2) is 9.06. The third-order valence-corrected chi connectivity index (χ3v) is 8.09. The van der Waals surface area contributed by atoms with Crippen LogP contribution in [0.3, 0.4) is 0 Å². The van der Waals surface area contributed by atoms with E-state index in [-0.39, 0.29) is 11.3 Å². The zero-order valence-electron chi connectivity index (χ0n) is 19.6. The van der Waals surface area contributed by atoms with Crippen LogP contribution in [-0.4, -0.2) is 24.0 Å². The highest BCUT2D eigenvalue weighted by Gasteiger charge is 2.51. The lowest BCUT2D eigenvalue weighted by atomic mass is 9.49. The summed E-state index contributed by atoms with van der Waals surface area (Å²) in [7, 11) is 0. The molecule has 177 valence electrons. The van der Waals surface area contributed by atoms with Gasteiger partial charge in [0, 0.05) is 30.5 Å². The highest BCUT2D eigenvalue weighted by Crippen LogP contribution is 2.61. The van der Waals surface area contributed by atoms with Gasteiger partial charge in [0.2, 0.25) is 5.91 Å². The van der Waals surface area contributed by atoms with E-state index < -0.39 is 0 Å². The number of hydrogen-bond donors (Lipinski definition) is 3. The lowest BCUT2D eigenvalue weighted by molar-refractivity contribution is -0.124. The Balaban J connectivity index is 1.06. The zero-order chi connectivity index (χ0) is 23.0. The third-order valence-electron chi connectivity index (χ3n) is 8.09. The fraction of sp³-hybridized carbons (Fsp3) is 0.464. The molecule has 2 heterocycles. The summed E-state index contributed by atoms with van der Waals surface area (Å²) in [6, 6.07) is 11.9. The van der Waals surface area contributed by atoms with E-state index in [2.05, 4.69) is 22.0 Å². The predicted molar refractivity (Wildman–Crippen MR) is 134 cm³/mol. The lowest BCUT2D eigenvalue weighted by Crippen LogP contribution is -2.47. The second-order valence-electron chi connectivity index (χ2n) is 10.8. The Labute approximate surface area is 200 Å². The molecule has 0 aliphatic heterocycles. The summed E-state index contributed by atoms with van der Waals surface area (Å²) in [5.74, 6) is 3.59. The van der Waals surface area contributed by atoms with Crippen LogP contribution in [0, 0.1) is 29.7 Å². The Morgan fingerprint density at radius 1 is 1.03 bits per heavy atom. The van der Waals surface area contributed by atoms with Gasteiger partial charge in [0.1, 0.15) is 5.82 Å². The van der Waals surface area contributed by atoms with Crippen molar-refractivity contribution in [1.82, 2.24) is 10.3 Å². The number of rotatable bonds is 9. The van der Waals surface area contributed by atoms with Gasteiger partial charge >= 0.3 is 0 Å². The zero-order valence-corrected chi connectivity index (χ0v) is 19.6. The van der Waals surface area contributed by atoms with Gasteiger partial charge in [-0.3, -0.25) is 4.79 Å². The SMILES string of the molecule is O=C(CC12CC3CC(CC(C3)C1)C2)Nc1cccc2nc(NCCN[CH]c3ccoc3)ccc12. The van der Waals surface area contributed by atoms with E-state index >= 15 is 0 Å². The molecule has 1 amide bonds. The molecule has 4 saturated carbocycles. The van der Waals surface area contributed by atoms with Crippen molar-refractivity contribution < 1.29 is 9.21 Å². The molecule has 0 atom stereocenters. The summed E-state index contributed by atoms with van der Waals surface area (Å²) in [5, 5.41) is 10.8. The Hall–Kier alpha value is -2.86. The highest BCUT2D eigenvalue weighted by atomic mass is 16.3. The van der Waals surface area contributed by atoms with E-state index in [1.165, 1.54) is 38.5 Å². The summed E-state index contributed by atoms with van der Waals surface area (Å²) in [4.78, 5) is 17.9. The molecule has 3 N–H and O–H groups in total. The summed E-state index contributed by atoms with van der Waals surface area (Å²) >= 11 is 0. The van der Waals surface area contributed by atoms with Gasteiger partial charge in [-0.15, -0.1) is 0 Å². The molecule has 4 aliphatic carbocycles. The maximum absolute atomic E-state index is 13.1. The van der Waals surface area contributed by atoms with Crippen LogP contribution in [0.1, 0.15) is 50.5 Å². The van der Waals surface area contributed by atoms with Crippen LogP contribution in [0.5, 0.6) is 0 Å². The number of nitrogens with zero attached hydrogens (tertiary/aromatic N) is 1. The Morgan fingerprint density at radius 3 is 2.56 bits per heavy atom. The number of nitrogens with one attached hydrogen (secondary N) is 3. The van der Waals surface area contributed by atoms with Crippen molar-refractivity contribution >= 4 is 28.3 Å². The molecule has 0 saturated heterocycles. The first kappa shape index (κ1) is 21.7. The number of hydrogen-bond acceptors (Lipinski definition) is 5. The average Bonchev–Trinajstić information content (AvgIpc) is 3.31. The summed E-state index contributed by atoms with van der Waals surface area (Å²) in [6.07, 6.45) is 12.0. The molecule has 6 heteroatoms. The smallest absolute Gasteiger partial charge is 0.224 e. The molecule has 6 nitrogen and oxygen atoms in total. The molecule has 4 fully saturated rings. The first-order valence-corrected chi connectivity index (χ1v) is 12.7. The van der Waals surface area contributed by atoms with E-state index in [0.717, 1.165) is 58.8 Å². The second-order valence-corrected chi connectivity index (χ2v) is 10.8. The maximum atomic E-state index is 13.1. The van der Waals surface area contributed by atoms with Gasteiger partial charge in [-0.1, -0.05) is 6.07 Å². The van der Waals surface area contributed by atoms with Crippen molar-refractivity contribution in [3.05, 3.63) is 61.0 Å². The number of amides is 1. The molecule has 4 aliphatic rings. The average molecular weight is 458 g/mol. The van der Waals surface area contributed by atoms with Crippen LogP contribution in [0.2, 0.25) is 0 Å². The van der Waals surface area contributed by atoms with Gasteiger partial charge in [0.05, 0.1) is 30.3 Å². The monoisotopic (exact) mass is 457 g/mol. The van der Waals surface area contributed by atoms with E-state index in [1.54, 1.807) is 12.5 Å². The number of anilines is 2. The maximum Gasteiger partial charge on any atom is 0.224 e. The summed E-state index contributed by atoms with van der Waals surface area (Å²) in [5.41, 5.74) is 3.02. The summed E-state index contributed by atoms with van der Waals surface area (Å²) < 4.78 is 5.05. The quantitative estimate of drug-likeness (QED) is 0.365. The Morgan fingerprint density at radius 2 is 1.82 bits per heavy atom. The van der Waals surface area contributed by atoms with E-state index in [1.807, 2.05) is 36.9 Å². The van der Waals surface area contributed by atoms with Gasteiger partial charge in [0.25, 0.3) is 0 Å². The Bertz CT molecular complexity index is 1120. The summed E-state index contributed by atoms with van der Waals surface area (Å²) in [6.45, 7) is 3.44. The van der Waals surface area contributed by atoms with Crippen molar-refractivity contribution in [3.8, 4) is 0 Å². The first-order valence-electron chi connectivity index (χ1n) is 12.7. The van der Waals surface area contributed by atoms with Crippen LogP contribution in [0.15, 0.2) is 53.3 Å². The number of carbonyl (C=O) groups is 1. The molecule has 7 rings (SSSR count). The topological polar surface area (TPSA) is 79.2 Å². The largest absolute Gasteiger partial charge is 0.472 e. The number of aromatic nitrogens is 1. The molecule has 0 spiro atoms. The fourth-order valence-corrected chi connectivity index (χ4v) is 7.21. The van der Waals surface area contributed by atoms with E-state index in [4.69, 9.17) is 9.40 Å². The van der Waals surface area contributed by atoms with Gasteiger partial charge < -0.3 is 20.4 Å². The Kier molecular flexibility index (Phi) is 5.77. The molecule has 1 radical (unpaired) electrons. The van der Waals surface area contributed by atoms with Crippen LogP contribution in [-0.2, 0) is 4.79 Å². The molecule has 4 bridgehead atoms. The minimum atomic E-state index is 0.164. The van der Waals surface area contributed by atoms with Crippen LogP contribution in [0.25, 0.3) is 10.9 Å². The van der Waals surface area contributed by atoms with Crippen LogP contribution in [0.4, 0.5) is 11.5 Å². The fourth-order valence-electron chi connectivity index (χ4n) is 7.21.